The second-order valence-electron chi connectivity index (χ2n) is 6.93. The van der Waals surface area contributed by atoms with Crippen LogP contribution in [0.25, 0.3) is 0 Å². The van der Waals surface area contributed by atoms with Gasteiger partial charge in [-0.25, -0.2) is 18.2 Å². The van der Waals surface area contributed by atoms with Crippen LogP contribution in [-0.2, 0) is 6.61 Å². The van der Waals surface area contributed by atoms with E-state index in [1.807, 2.05) is 0 Å². The Morgan fingerprint density at radius 2 is 1.63 bits per heavy atom. The van der Waals surface area contributed by atoms with Gasteiger partial charge in [-0.1, -0.05) is 6.07 Å². The van der Waals surface area contributed by atoms with Crippen LogP contribution < -0.4 is 14.2 Å². The molecule has 156 valence electrons. The largest absolute Gasteiger partial charge is 0.493 e. The third-order valence-corrected chi connectivity index (χ3v) is 4.90. The normalized spacial score (nSPS) is 13.2. The quantitative estimate of drug-likeness (QED) is 0.373. The maximum atomic E-state index is 14.4. The van der Waals surface area contributed by atoms with E-state index >= 15 is 0 Å². The lowest BCUT2D eigenvalue weighted by atomic mass is 10.2. The first-order valence-corrected chi connectivity index (χ1v) is 10.1. The van der Waals surface area contributed by atoms with Crippen LogP contribution in [0.4, 0.5) is 13.2 Å². The highest BCUT2D eigenvalue weighted by molar-refractivity contribution is 9.10. The molecule has 0 unspecified atom stereocenters. The number of hydrogen-bond acceptors (Lipinski definition) is 4. The Kier molecular flexibility index (Phi) is 6.13. The van der Waals surface area contributed by atoms with E-state index in [2.05, 4.69) is 20.9 Å². The van der Waals surface area contributed by atoms with Gasteiger partial charge in [-0.05, 0) is 52.9 Å². The summed E-state index contributed by atoms with van der Waals surface area (Å²) in [6.45, 7) is 0.128. The molecule has 1 heterocycles. The van der Waals surface area contributed by atoms with E-state index in [0.29, 0.717) is 28.5 Å². The third-order valence-electron chi connectivity index (χ3n) is 4.47. The molecule has 2 aromatic carbocycles. The van der Waals surface area contributed by atoms with E-state index in [1.165, 1.54) is 19.0 Å². The molecular weight excluding hydrogens is 463 g/mol. The summed E-state index contributed by atoms with van der Waals surface area (Å²) in [6.07, 6.45) is 3.68. The molecule has 3 aromatic rings. The monoisotopic (exact) mass is 479 g/mol. The molecule has 0 atom stereocenters. The van der Waals surface area contributed by atoms with E-state index in [-0.39, 0.29) is 17.2 Å². The predicted octanol–water partition coefficient (Wildman–Crippen LogP) is 6.42. The van der Waals surface area contributed by atoms with Crippen molar-refractivity contribution in [1.82, 2.24) is 4.98 Å². The zero-order chi connectivity index (χ0) is 21.1. The van der Waals surface area contributed by atoms with Crippen molar-refractivity contribution in [2.75, 3.05) is 6.61 Å². The molecule has 0 spiro atoms. The van der Waals surface area contributed by atoms with E-state index in [0.717, 1.165) is 18.2 Å². The number of halogens is 4. The standard InChI is InChI=1S/C22H17BrF3NO3/c23-14-6-21(26)22(27-10-14)29-12-18-19(24)8-17(9-20(18)25)30-16-3-1-2-15(7-16)28-11-13-4-5-13/h1-3,6-10,13H,4-5,11-12H2. The molecule has 0 saturated heterocycles. The lowest BCUT2D eigenvalue weighted by Crippen LogP contribution is -2.05. The van der Waals surface area contributed by atoms with Crippen LogP contribution >= 0.6 is 15.9 Å². The van der Waals surface area contributed by atoms with Crippen LogP contribution in [0.2, 0.25) is 0 Å². The summed E-state index contributed by atoms with van der Waals surface area (Å²) in [5.41, 5.74) is -0.354. The topological polar surface area (TPSA) is 40.6 Å². The Balaban J connectivity index is 1.43. The highest BCUT2D eigenvalue weighted by atomic mass is 79.9. The molecule has 1 aliphatic carbocycles. The van der Waals surface area contributed by atoms with E-state index in [4.69, 9.17) is 14.2 Å². The van der Waals surface area contributed by atoms with Crippen molar-refractivity contribution < 1.29 is 27.4 Å². The number of rotatable bonds is 8. The molecule has 0 bridgehead atoms. The van der Waals surface area contributed by atoms with Gasteiger partial charge in [-0.2, -0.15) is 0 Å². The average molecular weight is 480 g/mol. The number of hydrogen-bond donors (Lipinski definition) is 0. The zero-order valence-corrected chi connectivity index (χ0v) is 17.3. The Morgan fingerprint density at radius 3 is 2.33 bits per heavy atom. The van der Waals surface area contributed by atoms with E-state index in [9.17, 15) is 13.2 Å². The van der Waals surface area contributed by atoms with Crippen LogP contribution in [0.15, 0.2) is 53.1 Å². The number of benzene rings is 2. The number of pyridine rings is 1. The van der Waals surface area contributed by atoms with Gasteiger partial charge >= 0.3 is 0 Å². The molecule has 0 N–H and O–H groups in total. The van der Waals surface area contributed by atoms with Crippen LogP contribution in [-0.4, -0.2) is 11.6 Å². The molecule has 1 fully saturated rings. The minimum Gasteiger partial charge on any atom is -0.493 e. The Labute approximate surface area is 179 Å². The molecule has 1 aliphatic rings. The van der Waals surface area contributed by atoms with Gasteiger partial charge in [0.05, 0.1) is 12.2 Å². The van der Waals surface area contributed by atoms with Crippen LogP contribution in [0.3, 0.4) is 0 Å². The zero-order valence-electron chi connectivity index (χ0n) is 15.7. The van der Waals surface area contributed by atoms with Crippen LogP contribution in [0.5, 0.6) is 23.1 Å². The van der Waals surface area contributed by atoms with Crippen LogP contribution in [0.1, 0.15) is 18.4 Å². The molecule has 8 heteroatoms. The highest BCUT2D eigenvalue weighted by Gasteiger charge is 2.22. The van der Waals surface area contributed by atoms with Gasteiger partial charge in [0.15, 0.2) is 5.82 Å². The summed E-state index contributed by atoms with van der Waals surface area (Å²) >= 11 is 3.07. The molecule has 0 radical (unpaired) electrons. The van der Waals surface area contributed by atoms with Gasteiger partial charge in [0, 0.05) is 28.9 Å². The van der Waals surface area contributed by atoms with Gasteiger partial charge in [-0.15, -0.1) is 0 Å². The van der Waals surface area contributed by atoms with Crippen molar-refractivity contribution in [2.45, 2.75) is 19.4 Å². The minimum atomic E-state index is -0.872. The van der Waals surface area contributed by atoms with Gasteiger partial charge in [0.2, 0.25) is 0 Å². The molecule has 4 rings (SSSR count). The average Bonchev–Trinajstić information content (AvgIpc) is 3.52. The van der Waals surface area contributed by atoms with E-state index in [1.54, 1.807) is 24.3 Å². The predicted molar refractivity (Wildman–Crippen MR) is 107 cm³/mol. The first kappa shape index (κ1) is 20.5. The summed E-state index contributed by atoms with van der Waals surface area (Å²) < 4.78 is 59.4. The Hall–Kier alpha value is -2.74. The molecule has 30 heavy (non-hydrogen) atoms. The fourth-order valence-electron chi connectivity index (χ4n) is 2.69. The van der Waals surface area contributed by atoms with Gasteiger partial charge in [-0.3, -0.25) is 0 Å². The molecule has 1 saturated carbocycles. The lowest BCUT2D eigenvalue weighted by molar-refractivity contribution is 0.266. The van der Waals surface area contributed by atoms with Crippen molar-refractivity contribution >= 4 is 15.9 Å². The minimum absolute atomic E-state index is 0.0129. The molecule has 0 amide bonds. The van der Waals surface area contributed by atoms with Gasteiger partial charge in [0.25, 0.3) is 5.88 Å². The molecule has 4 nitrogen and oxygen atoms in total. The second kappa shape index (κ2) is 8.95. The first-order valence-electron chi connectivity index (χ1n) is 9.30. The summed E-state index contributed by atoms with van der Waals surface area (Å²) in [4.78, 5) is 3.74. The van der Waals surface area contributed by atoms with Crippen molar-refractivity contribution in [2.24, 2.45) is 5.92 Å². The third kappa shape index (κ3) is 5.24. The van der Waals surface area contributed by atoms with Crippen molar-refractivity contribution in [3.63, 3.8) is 0 Å². The fraction of sp³-hybridized carbons (Fsp3) is 0.227. The summed E-state index contributed by atoms with van der Waals surface area (Å²) in [5, 5.41) is 0. The summed E-state index contributed by atoms with van der Waals surface area (Å²) in [7, 11) is 0. The first-order chi connectivity index (χ1) is 14.5. The summed E-state index contributed by atoms with van der Waals surface area (Å²) in [6, 6.07) is 10.1. The number of ether oxygens (including phenoxy) is 3. The number of aromatic nitrogens is 1. The van der Waals surface area contributed by atoms with E-state index < -0.39 is 24.1 Å². The van der Waals surface area contributed by atoms with Crippen LogP contribution in [0, 0.1) is 23.4 Å². The Morgan fingerprint density at radius 1 is 0.900 bits per heavy atom. The Bertz CT molecular complexity index is 1040. The van der Waals surface area contributed by atoms with Gasteiger partial charge < -0.3 is 14.2 Å². The highest BCUT2D eigenvalue weighted by Crippen LogP contribution is 2.32. The van der Waals surface area contributed by atoms with Crippen molar-refractivity contribution in [3.8, 4) is 23.1 Å². The molecule has 1 aromatic heterocycles. The smallest absolute Gasteiger partial charge is 0.250 e. The SMILES string of the molecule is Fc1cc(Br)cnc1OCc1c(F)cc(Oc2cccc(OCC3CC3)c2)cc1F. The number of nitrogens with zero attached hydrogens (tertiary/aromatic N) is 1. The van der Waals surface area contributed by atoms with Gasteiger partial charge in [0.1, 0.15) is 35.5 Å². The van der Waals surface area contributed by atoms with Crippen molar-refractivity contribution in [3.05, 3.63) is 76.1 Å². The fourth-order valence-corrected chi connectivity index (χ4v) is 2.99. The lowest BCUT2D eigenvalue weighted by Gasteiger charge is -2.12. The maximum absolute atomic E-state index is 14.4. The second-order valence-corrected chi connectivity index (χ2v) is 7.84. The molecular formula is C22H17BrF3NO3. The van der Waals surface area contributed by atoms with Crippen molar-refractivity contribution in [1.29, 1.82) is 0 Å². The molecule has 0 aliphatic heterocycles. The summed E-state index contributed by atoms with van der Waals surface area (Å²) in [5.74, 6) is -1.21. The maximum Gasteiger partial charge on any atom is 0.250 e.